The smallest absolute Gasteiger partial charge is 0.336 e. The summed E-state index contributed by atoms with van der Waals surface area (Å²) in [7, 11) is 1.70. The van der Waals surface area contributed by atoms with Gasteiger partial charge in [0.15, 0.2) is 5.78 Å². The zero-order chi connectivity index (χ0) is 24.7. The summed E-state index contributed by atoms with van der Waals surface area (Å²) in [5, 5.41) is 21.3. The van der Waals surface area contributed by atoms with Gasteiger partial charge in [-0.1, -0.05) is 33.8 Å². The van der Waals surface area contributed by atoms with Gasteiger partial charge in [0.2, 0.25) is 0 Å². The van der Waals surface area contributed by atoms with Crippen molar-refractivity contribution in [3.8, 4) is 5.75 Å². The molecule has 1 aromatic rings. The molecule has 1 fully saturated rings. The van der Waals surface area contributed by atoms with E-state index in [1.165, 1.54) is 6.07 Å². The number of rotatable bonds is 4. The predicted molar refractivity (Wildman–Crippen MR) is 124 cm³/mol. The predicted octanol–water partition coefficient (Wildman–Crippen LogP) is 4.48. The summed E-state index contributed by atoms with van der Waals surface area (Å²) in [6.07, 6.45) is 2.52. The molecule has 0 bridgehead atoms. The lowest BCUT2D eigenvalue weighted by molar-refractivity contribution is -0.126. The number of aromatic carboxylic acids is 1. The number of benzene rings is 1. The Labute approximate surface area is 199 Å². The molecule has 180 valence electrons. The fourth-order valence-electron chi connectivity index (χ4n) is 6.04. The number of allylic oxidation sites excluding steroid dienone is 2. The Morgan fingerprint density at radius 1 is 1.15 bits per heavy atom. The first kappa shape index (κ1) is 22.7. The van der Waals surface area contributed by atoms with Crippen molar-refractivity contribution in [1.29, 1.82) is 0 Å². The molecule has 2 atom stereocenters. The van der Waals surface area contributed by atoms with Crippen LogP contribution in [0.2, 0.25) is 0 Å². The average Bonchev–Trinajstić information content (AvgIpc) is 3.52. The number of carboxylic acids is 1. The van der Waals surface area contributed by atoms with Gasteiger partial charge in [0.05, 0.1) is 23.1 Å². The maximum atomic E-state index is 13.6. The average molecular weight is 466 g/mol. The van der Waals surface area contributed by atoms with Crippen LogP contribution in [0.1, 0.15) is 86.7 Å². The van der Waals surface area contributed by atoms with Crippen LogP contribution in [0.5, 0.6) is 5.75 Å². The normalized spacial score (nSPS) is 26.1. The second kappa shape index (κ2) is 7.45. The van der Waals surface area contributed by atoms with Crippen LogP contribution in [0.25, 0.3) is 0 Å². The fourth-order valence-corrected chi connectivity index (χ4v) is 6.04. The number of aromatic hydroxyl groups is 1. The first-order valence-electron chi connectivity index (χ1n) is 12.0. The molecule has 0 saturated heterocycles. The largest absolute Gasteiger partial charge is 0.508 e. The molecule has 2 N–H and O–H groups in total. The van der Waals surface area contributed by atoms with E-state index in [2.05, 4.69) is 0 Å². The van der Waals surface area contributed by atoms with Crippen LogP contribution in [0.3, 0.4) is 0 Å². The molecular weight excluding hydrogens is 434 g/mol. The standard InChI is InChI=1S/C27H31NO6/c1-12(2)23-24-22(25(31)28(23)5)21(19-16(30)10-27(3,4)11-17(19)34-24)20-15(29)9-8-14(13-6-7-13)18(20)26(32)33/h8-9,12-13,21,23,29H,6-7,10-11H2,1-5H3,(H,32,33)/t21-,23-/m1/s1. The number of amides is 1. The van der Waals surface area contributed by atoms with Gasteiger partial charge in [0.25, 0.3) is 5.91 Å². The third kappa shape index (κ3) is 3.28. The number of likely N-dealkylation sites (N-methyl/N-ethyl adjacent to an activating group) is 1. The summed E-state index contributed by atoms with van der Waals surface area (Å²) < 4.78 is 6.36. The van der Waals surface area contributed by atoms with Crippen molar-refractivity contribution in [3.05, 3.63) is 51.5 Å². The van der Waals surface area contributed by atoms with E-state index in [4.69, 9.17) is 4.74 Å². The molecule has 0 radical (unpaired) electrons. The van der Waals surface area contributed by atoms with Crippen molar-refractivity contribution < 1.29 is 29.3 Å². The molecule has 2 heterocycles. The second-order valence-electron chi connectivity index (χ2n) is 11.2. The molecule has 7 heteroatoms. The first-order chi connectivity index (χ1) is 15.9. The Kier molecular flexibility index (Phi) is 4.97. The van der Waals surface area contributed by atoms with Crippen LogP contribution < -0.4 is 0 Å². The summed E-state index contributed by atoms with van der Waals surface area (Å²) >= 11 is 0. The minimum atomic E-state index is -1.16. The summed E-state index contributed by atoms with van der Waals surface area (Å²) in [6.45, 7) is 7.99. The van der Waals surface area contributed by atoms with E-state index in [1.54, 1.807) is 18.0 Å². The maximum absolute atomic E-state index is 13.6. The van der Waals surface area contributed by atoms with Gasteiger partial charge >= 0.3 is 5.97 Å². The van der Waals surface area contributed by atoms with Crippen LogP contribution in [0.4, 0.5) is 0 Å². The topological polar surface area (TPSA) is 104 Å². The van der Waals surface area contributed by atoms with E-state index >= 15 is 0 Å². The number of ketones is 1. The molecule has 1 aromatic carbocycles. The van der Waals surface area contributed by atoms with E-state index in [-0.39, 0.29) is 63.9 Å². The van der Waals surface area contributed by atoms with Gasteiger partial charge < -0.3 is 19.8 Å². The Hall–Kier alpha value is -3.09. The SMILES string of the molecule is CC(C)[C@@H]1C2=C(C(=O)N1C)[C@@H](c1c(O)ccc(C3CC3)c1C(=O)O)C1=C(CC(C)(C)CC1=O)O2. The summed E-state index contributed by atoms with van der Waals surface area (Å²) in [4.78, 5) is 41.3. The highest BCUT2D eigenvalue weighted by molar-refractivity contribution is 6.08. The lowest BCUT2D eigenvalue weighted by atomic mass is 9.68. The van der Waals surface area contributed by atoms with Crippen molar-refractivity contribution in [2.24, 2.45) is 11.3 Å². The lowest BCUT2D eigenvalue weighted by Crippen LogP contribution is -2.36. The highest BCUT2D eigenvalue weighted by atomic mass is 16.5. The number of Topliss-reactive ketones (excluding diaryl/α,β-unsaturated/α-hetero) is 1. The van der Waals surface area contributed by atoms with Crippen LogP contribution in [0.15, 0.2) is 34.8 Å². The molecule has 0 unspecified atom stereocenters. The Morgan fingerprint density at radius 3 is 2.41 bits per heavy atom. The van der Waals surface area contributed by atoms with E-state index in [0.29, 0.717) is 29.1 Å². The highest BCUT2D eigenvalue weighted by Crippen LogP contribution is 2.55. The molecule has 34 heavy (non-hydrogen) atoms. The van der Waals surface area contributed by atoms with Gasteiger partial charge in [-0.05, 0) is 41.7 Å². The number of hydrogen-bond acceptors (Lipinski definition) is 5. The molecule has 2 aliphatic carbocycles. The van der Waals surface area contributed by atoms with Crippen LogP contribution in [-0.2, 0) is 14.3 Å². The number of carbonyl (C=O) groups is 3. The van der Waals surface area contributed by atoms with Crippen molar-refractivity contribution in [1.82, 2.24) is 4.90 Å². The zero-order valence-electron chi connectivity index (χ0n) is 20.3. The molecule has 1 saturated carbocycles. The quantitative estimate of drug-likeness (QED) is 0.680. The van der Waals surface area contributed by atoms with Crippen LogP contribution in [-0.4, -0.2) is 45.9 Å². The minimum Gasteiger partial charge on any atom is -0.508 e. The van der Waals surface area contributed by atoms with Crippen molar-refractivity contribution in [2.75, 3.05) is 7.05 Å². The number of nitrogens with zero attached hydrogens (tertiary/aromatic N) is 1. The monoisotopic (exact) mass is 465 g/mol. The van der Waals surface area contributed by atoms with E-state index < -0.39 is 11.9 Å². The lowest BCUT2D eigenvalue weighted by Gasteiger charge is -2.38. The number of phenolic OH excluding ortho intramolecular Hbond substituents is 1. The summed E-state index contributed by atoms with van der Waals surface area (Å²) in [5.74, 6) is -1.68. The van der Waals surface area contributed by atoms with Crippen LogP contribution >= 0.6 is 0 Å². The Morgan fingerprint density at radius 2 is 1.82 bits per heavy atom. The van der Waals surface area contributed by atoms with Crippen LogP contribution in [0, 0.1) is 11.3 Å². The Bertz CT molecular complexity index is 1200. The van der Waals surface area contributed by atoms with Gasteiger partial charge in [-0.2, -0.15) is 0 Å². The van der Waals surface area contributed by atoms with Gasteiger partial charge in [-0.3, -0.25) is 9.59 Å². The zero-order valence-corrected chi connectivity index (χ0v) is 20.3. The number of hydrogen-bond donors (Lipinski definition) is 2. The van der Waals surface area contributed by atoms with Gasteiger partial charge in [0.1, 0.15) is 17.3 Å². The molecular formula is C27H31NO6. The number of ether oxygens (including phenoxy) is 1. The van der Waals surface area contributed by atoms with E-state index in [9.17, 15) is 24.6 Å². The Balaban J connectivity index is 1.82. The van der Waals surface area contributed by atoms with Gasteiger partial charge in [-0.25, -0.2) is 4.79 Å². The van der Waals surface area contributed by atoms with E-state index in [1.807, 2.05) is 27.7 Å². The first-order valence-corrected chi connectivity index (χ1v) is 12.0. The van der Waals surface area contributed by atoms with Crippen molar-refractivity contribution in [2.45, 2.75) is 71.3 Å². The molecule has 0 aromatic heterocycles. The molecule has 2 aliphatic heterocycles. The van der Waals surface area contributed by atoms with Crippen molar-refractivity contribution >= 4 is 17.7 Å². The fraction of sp³-hybridized carbons (Fsp3) is 0.519. The second-order valence-corrected chi connectivity index (χ2v) is 11.2. The minimum absolute atomic E-state index is 0.00850. The van der Waals surface area contributed by atoms with Gasteiger partial charge in [0, 0.05) is 31.0 Å². The maximum Gasteiger partial charge on any atom is 0.336 e. The molecule has 1 amide bonds. The molecule has 7 nitrogen and oxygen atoms in total. The number of carboxylic acid groups (broad SMARTS) is 1. The summed E-state index contributed by atoms with van der Waals surface area (Å²) in [5.41, 5.74) is 1.06. The molecule has 5 rings (SSSR count). The number of phenols is 1. The third-order valence-corrected chi connectivity index (χ3v) is 7.60. The highest BCUT2D eigenvalue weighted by Gasteiger charge is 2.53. The number of carbonyl (C=O) groups excluding carboxylic acids is 2. The van der Waals surface area contributed by atoms with Crippen molar-refractivity contribution in [3.63, 3.8) is 0 Å². The third-order valence-electron chi connectivity index (χ3n) is 7.60. The molecule has 0 spiro atoms. The summed E-state index contributed by atoms with van der Waals surface area (Å²) in [6, 6.07) is 2.84. The van der Waals surface area contributed by atoms with E-state index in [0.717, 1.165) is 12.8 Å². The molecule has 4 aliphatic rings. The van der Waals surface area contributed by atoms with Gasteiger partial charge in [-0.15, -0.1) is 0 Å².